The summed E-state index contributed by atoms with van der Waals surface area (Å²) < 4.78 is 0. The fourth-order valence-electron chi connectivity index (χ4n) is 4.87. The summed E-state index contributed by atoms with van der Waals surface area (Å²) in [7, 11) is 0. The van der Waals surface area contributed by atoms with Crippen molar-refractivity contribution < 1.29 is 0 Å². The van der Waals surface area contributed by atoms with Gasteiger partial charge in [0.25, 0.3) is 0 Å². The molecular weight excluding hydrogens is 366 g/mol. The number of nitrogens with zero attached hydrogens (tertiary/aromatic N) is 2. The van der Waals surface area contributed by atoms with Crippen molar-refractivity contribution in [2.45, 2.75) is 66.2 Å². The van der Waals surface area contributed by atoms with Crippen LogP contribution in [0.4, 0.5) is 0 Å². The first-order valence-electron chi connectivity index (χ1n) is 11.6. The van der Waals surface area contributed by atoms with Crippen LogP contribution in [0.2, 0.25) is 0 Å². The minimum atomic E-state index is 0.331. The maximum absolute atomic E-state index is 4.84. The number of aliphatic imine (C=N–C) groups is 2. The van der Waals surface area contributed by atoms with Crippen LogP contribution >= 0.6 is 0 Å². The molecule has 160 valence electrons. The zero-order valence-corrected chi connectivity index (χ0v) is 19.1. The third-order valence-electron chi connectivity index (χ3n) is 6.29. The summed E-state index contributed by atoms with van der Waals surface area (Å²) in [6.45, 7) is 12.6. The Labute approximate surface area is 182 Å². The number of hydrogen-bond acceptors (Lipinski definition) is 3. The number of rotatable bonds is 10. The molecule has 0 spiro atoms. The summed E-state index contributed by atoms with van der Waals surface area (Å²) in [5.74, 6) is 1.54. The monoisotopic (exact) mass is 403 g/mol. The third-order valence-corrected chi connectivity index (χ3v) is 6.29. The SMILES string of the molecule is C=CN=C/C(=C\C)C1=CN=C2C(NC3=CC(C(CCC)CCC)=CC3)=CC(C)CC12. The van der Waals surface area contributed by atoms with Gasteiger partial charge in [-0.25, -0.2) is 0 Å². The smallest absolute Gasteiger partial charge is 0.0710 e. The summed E-state index contributed by atoms with van der Waals surface area (Å²) >= 11 is 0. The summed E-state index contributed by atoms with van der Waals surface area (Å²) in [5.41, 5.74) is 7.58. The fraction of sp³-hybridized carbons (Fsp3) is 0.481. The summed E-state index contributed by atoms with van der Waals surface area (Å²) in [5, 5.41) is 3.75. The minimum Gasteiger partial charge on any atom is -0.357 e. The molecule has 2 atom stereocenters. The second-order valence-electron chi connectivity index (χ2n) is 8.63. The van der Waals surface area contributed by atoms with Crippen molar-refractivity contribution in [3.05, 3.63) is 71.4 Å². The average Bonchev–Trinajstić information content (AvgIpc) is 3.36. The van der Waals surface area contributed by atoms with Gasteiger partial charge >= 0.3 is 0 Å². The first-order chi connectivity index (χ1) is 14.6. The molecule has 0 aromatic carbocycles. The van der Waals surface area contributed by atoms with Crippen LogP contribution in [0.3, 0.4) is 0 Å². The largest absolute Gasteiger partial charge is 0.357 e. The Morgan fingerprint density at radius 2 is 2.10 bits per heavy atom. The summed E-state index contributed by atoms with van der Waals surface area (Å²) in [4.78, 5) is 9.07. The molecule has 3 rings (SSSR count). The second kappa shape index (κ2) is 10.6. The standard InChI is InChI=1S/C27H37N3/c1-6-10-21(11-7-2)22-12-13-23(16-22)30-26-15-19(5)14-24-25(18-29-27(24)26)20(8-3)17-28-9-4/h8-9,12,15-19,21,24,30H,4,6-7,10-11,13-14H2,1-3,5H3/b20-8+,28-17?. The molecule has 0 saturated carbocycles. The van der Waals surface area contributed by atoms with Gasteiger partial charge in [-0.2, -0.15) is 0 Å². The van der Waals surface area contributed by atoms with Crippen LogP contribution in [-0.4, -0.2) is 11.9 Å². The van der Waals surface area contributed by atoms with Gasteiger partial charge in [-0.3, -0.25) is 9.98 Å². The Bertz CT molecular complexity index is 855. The molecule has 30 heavy (non-hydrogen) atoms. The van der Waals surface area contributed by atoms with Gasteiger partial charge < -0.3 is 5.32 Å². The number of nitrogens with one attached hydrogen (secondary N) is 1. The predicted octanol–water partition coefficient (Wildman–Crippen LogP) is 7.05. The molecule has 2 aliphatic carbocycles. The van der Waals surface area contributed by atoms with E-state index in [1.807, 2.05) is 12.4 Å². The molecule has 3 heteroatoms. The first-order valence-corrected chi connectivity index (χ1v) is 11.6. The van der Waals surface area contributed by atoms with Crippen LogP contribution in [0.1, 0.15) is 66.2 Å². The average molecular weight is 404 g/mol. The topological polar surface area (TPSA) is 36.8 Å². The first kappa shape index (κ1) is 22.3. The Balaban J connectivity index is 1.74. The molecule has 0 radical (unpaired) electrons. The van der Waals surface area contributed by atoms with Crippen LogP contribution in [0.5, 0.6) is 0 Å². The molecule has 3 aliphatic rings. The lowest BCUT2D eigenvalue weighted by atomic mass is 9.79. The highest BCUT2D eigenvalue weighted by Crippen LogP contribution is 2.38. The number of allylic oxidation sites excluding steroid dienone is 8. The van der Waals surface area contributed by atoms with E-state index in [0.29, 0.717) is 17.8 Å². The third kappa shape index (κ3) is 5.00. The van der Waals surface area contributed by atoms with Gasteiger partial charge in [0.05, 0.1) is 11.4 Å². The van der Waals surface area contributed by atoms with Crippen LogP contribution < -0.4 is 5.32 Å². The lowest BCUT2D eigenvalue weighted by molar-refractivity contribution is 0.513. The molecule has 1 N–H and O–H groups in total. The Morgan fingerprint density at radius 1 is 1.33 bits per heavy atom. The van der Waals surface area contributed by atoms with Crippen molar-refractivity contribution >= 4 is 11.9 Å². The van der Waals surface area contributed by atoms with E-state index in [2.05, 4.69) is 68.9 Å². The molecule has 0 saturated heterocycles. The van der Waals surface area contributed by atoms with E-state index in [4.69, 9.17) is 4.99 Å². The van der Waals surface area contributed by atoms with E-state index in [9.17, 15) is 0 Å². The van der Waals surface area contributed by atoms with Crippen molar-refractivity contribution in [3.8, 4) is 0 Å². The molecule has 0 aromatic rings. The highest BCUT2D eigenvalue weighted by atomic mass is 14.9. The normalized spacial score (nSPS) is 23.8. The summed E-state index contributed by atoms with van der Waals surface area (Å²) in [6.07, 6.45) is 21.9. The van der Waals surface area contributed by atoms with Crippen molar-refractivity contribution in [1.82, 2.24) is 5.32 Å². The van der Waals surface area contributed by atoms with E-state index < -0.39 is 0 Å². The van der Waals surface area contributed by atoms with Gasteiger partial charge in [-0.1, -0.05) is 58.4 Å². The lowest BCUT2D eigenvalue weighted by Gasteiger charge is -2.28. The van der Waals surface area contributed by atoms with Gasteiger partial charge in [0.1, 0.15) is 0 Å². The minimum absolute atomic E-state index is 0.331. The second-order valence-corrected chi connectivity index (χ2v) is 8.63. The van der Waals surface area contributed by atoms with E-state index in [1.165, 1.54) is 53.9 Å². The van der Waals surface area contributed by atoms with E-state index in [1.54, 1.807) is 6.20 Å². The summed E-state index contributed by atoms with van der Waals surface area (Å²) in [6, 6.07) is 0. The fourth-order valence-corrected chi connectivity index (χ4v) is 4.87. The zero-order valence-electron chi connectivity index (χ0n) is 19.1. The number of hydrogen-bond donors (Lipinski definition) is 1. The Kier molecular flexibility index (Phi) is 7.84. The van der Waals surface area contributed by atoms with Gasteiger partial charge in [-0.05, 0) is 60.8 Å². The van der Waals surface area contributed by atoms with Crippen molar-refractivity contribution in [2.75, 3.05) is 0 Å². The van der Waals surface area contributed by atoms with E-state index >= 15 is 0 Å². The van der Waals surface area contributed by atoms with Crippen LogP contribution in [0.15, 0.2) is 81.4 Å². The Morgan fingerprint density at radius 3 is 2.77 bits per heavy atom. The van der Waals surface area contributed by atoms with Gasteiger partial charge in [0.2, 0.25) is 0 Å². The van der Waals surface area contributed by atoms with Crippen molar-refractivity contribution in [1.29, 1.82) is 0 Å². The maximum Gasteiger partial charge on any atom is 0.0710 e. The van der Waals surface area contributed by atoms with Crippen LogP contribution in [0.25, 0.3) is 0 Å². The van der Waals surface area contributed by atoms with Crippen molar-refractivity contribution in [2.24, 2.45) is 27.7 Å². The quantitative estimate of drug-likeness (QED) is 0.390. The van der Waals surface area contributed by atoms with Crippen LogP contribution in [-0.2, 0) is 0 Å². The molecule has 0 bridgehead atoms. The van der Waals surface area contributed by atoms with Gasteiger partial charge in [0, 0.05) is 36.7 Å². The molecule has 0 fully saturated rings. The number of fused-ring (bicyclic) bond motifs is 1. The highest BCUT2D eigenvalue weighted by Gasteiger charge is 2.34. The molecule has 2 unspecified atom stereocenters. The highest BCUT2D eigenvalue weighted by molar-refractivity contribution is 6.08. The van der Waals surface area contributed by atoms with Gasteiger partial charge in [0.15, 0.2) is 0 Å². The lowest BCUT2D eigenvalue weighted by Crippen LogP contribution is -2.30. The molecule has 0 amide bonds. The van der Waals surface area contributed by atoms with E-state index in [-0.39, 0.29) is 0 Å². The maximum atomic E-state index is 4.84. The van der Waals surface area contributed by atoms with Crippen molar-refractivity contribution in [3.63, 3.8) is 0 Å². The molecule has 3 nitrogen and oxygen atoms in total. The zero-order chi connectivity index (χ0) is 21.5. The molecule has 1 aliphatic heterocycles. The molecule has 0 aromatic heterocycles. The Hall–Kier alpha value is -2.42. The van der Waals surface area contributed by atoms with Crippen LogP contribution in [0, 0.1) is 17.8 Å². The predicted molar refractivity (Wildman–Crippen MR) is 131 cm³/mol. The molecular formula is C27H37N3. The van der Waals surface area contributed by atoms with Gasteiger partial charge in [-0.15, -0.1) is 0 Å². The van der Waals surface area contributed by atoms with E-state index in [0.717, 1.165) is 18.4 Å². The molecule has 1 heterocycles.